The lowest BCUT2D eigenvalue weighted by molar-refractivity contribution is 0.143. The van der Waals surface area contributed by atoms with Crippen molar-refractivity contribution in [2.24, 2.45) is 5.92 Å². The third-order valence-corrected chi connectivity index (χ3v) is 3.28. The van der Waals surface area contributed by atoms with Gasteiger partial charge in [0.2, 0.25) is 0 Å². The summed E-state index contributed by atoms with van der Waals surface area (Å²) in [4.78, 5) is 0. The van der Waals surface area contributed by atoms with E-state index in [-0.39, 0.29) is 11.7 Å². The molecule has 1 rings (SSSR count). The second kappa shape index (κ2) is 5.39. The van der Waals surface area contributed by atoms with Crippen LogP contribution in [0.15, 0.2) is 24.3 Å². The molecule has 17 heavy (non-hydrogen) atoms. The van der Waals surface area contributed by atoms with Crippen LogP contribution in [0.3, 0.4) is 0 Å². The lowest BCUT2D eigenvalue weighted by atomic mass is 9.98. The number of hydrogen-bond donors (Lipinski definition) is 2. The molecule has 2 atom stereocenters. The number of aliphatic hydroxyl groups excluding tert-OH is 1. The Balaban J connectivity index is 2.79. The molecule has 0 aliphatic heterocycles. The van der Waals surface area contributed by atoms with Gasteiger partial charge in [-0.3, -0.25) is 0 Å². The quantitative estimate of drug-likeness (QED) is 0.624. The Morgan fingerprint density at radius 1 is 1.12 bits per heavy atom. The molecule has 0 radical (unpaired) electrons. The van der Waals surface area contributed by atoms with E-state index in [0.29, 0.717) is 0 Å². The molecule has 0 spiro atoms. The monoisotopic (exact) mass is 248 g/mol. The number of phenols is 1. The summed E-state index contributed by atoms with van der Waals surface area (Å²) in [6, 6.07) is 6.62. The Hall–Kier alpha value is -1.24. The third-order valence-electron chi connectivity index (χ3n) is 2.38. The van der Waals surface area contributed by atoms with Gasteiger partial charge in [-0.15, -0.1) is 11.5 Å². The largest absolute Gasteiger partial charge is 0.508 e. The molecule has 0 aliphatic carbocycles. The highest BCUT2D eigenvalue weighted by Gasteiger charge is 2.15. The van der Waals surface area contributed by atoms with Crippen LogP contribution in [0.4, 0.5) is 0 Å². The Labute approximate surface area is 104 Å². The maximum Gasteiger partial charge on any atom is 0.129 e. The molecule has 0 saturated heterocycles. The summed E-state index contributed by atoms with van der Waals surface area (Å²) < 4.78 is 0. The molecule has 0 fully saturated rings. The molecule has 0 saturated carbocycles. The highest BCUT2D eigenvalue weighted by Crippen LogP contribution is 2.23. The van der Waals surface area contributed by atoms with Crippen LogP contribution in [0.25, 0.3) is 0 Å². The van der Waals surface area contributed by atoms with Crippen LogP contribution in [0, 0.1) is 17.4 Å². The fourth-order valence-corrected chi connectivity index (χ4v) is 2.03. The van der Waals surface area contributed by atoms with Crippen LogP contribution < -0.4 is 0 Å². The number of aromatic hydroxyl groups is 1. The lowest BCUT2D eigenvalue weighted by Gasteiger charge is -2.15. The number of aliphatic hydroxyl groups is 1. The van der Waals surface area contributed by atoms with Gasteiger partial charge < -0.3 is 10.2 Å². The minimum atomic E-state index is -1.39. The molecule has 1 aromatic rings. The summed E-state index contributed by atoms with van der Waals surface area (Å²) in [5.74, 6) is 3.25. The highest BCUT2D eigenvalue weighted by molar-refractivity contribution is 6.83. The minimum Gasteiger partial charge on any atom is -0.508 e. The number of hydrogen-bond acceptors (Lipinski definition) is 2. The molecule has 92 valence electrons. The Morgan fingerprint density at radius 3 is 2.12 bits per heavy atom. The van der Waals surface area contributed by atoms with Gasteiger partial charge in [0.15, 0.2) is 0 Å². The van der Waals surface area contributed by atoms with Gasteiger partial charge in [-0.1, -0.05) is 31.8 Å². The van der Waals surface area contributed by atoms with Crippen molar-refractivity contribution < 1.29 is 10.2 Å². The predicted molar refractivity (Wildman–Crippen MR) is 73.4 cm³/mol. The van der Waals surface area contributed by atoms with E-state index in [1.807, 2.05) is 6.92 Å². The molecule has 0 aromatic heterocycles. The van der Waals surface area contributed by atoms with Crippen LogP contribution in [0.2, 0.25) is 19.6 Å². The van der Waals surface area contributed by atoms with Crippen molar-refractivity contribution in [3.8, 4) is 17.2 Å². The second-order valence-corrected chi connectivity index (χ2v) is 10.1. The van der Waals surface area contributed by atoms with Gasteiger partial charge in [0.1, 0.15) is 13.8 Å². The Morgan fingerprint density at radius 2 is 1.65 bits per heavy atom. The second-order valence-electron chi connectivity index (χ2n) is 5.34. The summed E-state index contributed by atoms with van der Waals surface area (Å²) in [5.41, 5.74) is 4.06. The molecule has 1 aromatic carbocycles. The van der Waals surface area contributed by atoms with Crippen LogP contribution in [0.1, 0.15) is 18.6 Å². The maximum absolute atomic E-state index is 10.1. The normalized spacial score (nSPS) is 14.6. The highest BCUT2D eigenvalue weighted by atomic mass is 28.3. The van der Waals surface area contributed by atoms with E-state index in [9.17, 15) is 10.2 Å². The summed E-state index contributed by atoms with van der Waals surface area (Å²) in [7, 11) is -1.39. The zero-order chi connectivity index (χ0) is 13.1. The van der Waals surface area contributed by atoms with Crippen molar-refractivity contribution in [3.63, 3.8) is 0 Å². The van der Waals surface area contributed by atoms with Gasteiger partial charge in [-0.25, -0.2) is 0 Å². The summed E-state index contributed by atoms with van der Waals surface area (Å²) in [6.45, 7) is 8.46. The van der Waals surface area contributed by atoms with Crippen molar-refractivity contribution in [1.82, 2.24) is 0 Å². The number of benzene rings is 1. The molecule has 0 bridgehead atoms. The van der Waals surface area contributed by atoms with Crippen LogP contribution >= 0.6 is 0 Å². The molecule has 0 aliphatic rings. The van der Waals surface area contributed by atoms with E-state index >= 15 is 0 Å². The molecule has 0 amide bonds. The molecular formula is C14H20O2Si. The first-order valence-electron chi connectivity index (χ1n) is 5.79. The molecule has 2 N–H and O–H groups in total. The van der Waals surface area contributed by atoms with Crippen molar-refractivity contribution in [2.45, 2.75) is 32.7 Å². The SMILES string of the molecule is CC(C#C[Si](C)(C)C)C(O)c1ccc(O)cc1. The molecular weight excluding hydrogens is 228 g/mol. The van der Waals surface area contributed by atoms with Crippen molar-refractivity contribution in [3.05, 3.63) is 29.8 Å². The van der Waals surface area contributed by atoms with E-state index in [1.165, 1.54) is 0 Å². The van der Waals surface area contributed by atoms with Crippen LogP contribution in [0.5, 0.6) is 5.75 Å². The van der Waals surface area contributed by atoms with E-state index in [4.69, 9.17) is 0 Å². The zero-order valence-corrected chi connectivity index (χ0v) is 11.9. The standard InChI is InChI=1S/C14H20O2Si/c1-11(9-10-17(2,3)4)14(16)12-5-7-13(15)8-6-12/h5-8,11,14-16H,1-4H3. The van der Waals surface area contributed by atoms with Gasteiger partial charge in [0, 0.05) is 5.92 Å². The Kier molecular flexibility index (Phi) is 4.38. The third kappa shape index (κ3) is 4.64. The fourth-order valence-electron chi connectivity index (χ4n) is 1.37. The smallest absolute Gasteiger partial charge is 0.129 e. The molecule has 0 heterocycles. The van der Waals surface area contributed by atoms with Gasteiger partial charge in [0.25, 0.3) is 0 Å². The fraction of sp³-hybridized carbons (Fsp3) is 0.429. The van der Waals surface area contributed by atoms with Crippen molar-refractivity contribution in [1.29, 1.82) is 0 Å². The minimum absolute atomic E-state index is 0.0914. The van der Waals surface area contributed by atoms with Gasteiger partial charge in [-0.2, -0.15) is 0 Å². The van der Waals surface area contributed by atoms with Crippen LogP contribution in [-0.4, -0.2) is 18.3 Å². The predicted octanol–water partition coefficient (Wildman–Crippen LogP) is 2.94. The maximum atomic E-state index is 10.1. The topological polar surface area (TPSA) is 40.5 Å². The summed E-state index contributed by atoms with van der Waals surface area (Å²) in [5, 5.41) is 19.3. The number of rotatable bonds is 2. The van der Waals surface area contributed by atoms with E-state index in [2.05, 4.69) is 31.1 Å². The molecule has 3 heteroatoms. The zero-order valence-electron chi connectivity index (χ0n) is 10.9. The summed E-state index contributed by atoms with van der Waals surface area (Å²) in [6.07, 6.45) is -0.598. The molecule has 2 unspecified atom stereocenters. The van der Waals surface area contributed by atoms with E-state index < -0.39 is 14.2 Å². The molecule has 2 nitrogen and oxygen atoms in total. The Bertz CT molecular complexity index is 420. The van der Waals surface area contributed by atoms with Gasteiger partial charge in [-0.05, 0) is 24.6 Å². The first kappa shape index (κ1) is 13.8. The van der Waals surface area contributed by atoms with E-state index in [1.54, 1.807) is 24.3 Å². The van der Waals surface area contributed by atoms with Crippen molar-refractivity contribution >= 4 is 8.07 Å². The lowest BCUT2D eigenvalue weighted by Crippen LogP contribution is -2.17. The van der Waals surface area contributed by atoms with Crippen molar-refractivity contribution in [2.75, 3.05) is 0 Å². The van der Waals surface area contributed by atoms with Crippen LogP contribution in [-0.2, 0) is 0 Å². The summed E-state index contributed by atoms with van der Waals surface area (Å²) >= 11 is 0. The first-order valence-corrected chi connectivity index (χ1v) is 9.29. The number of phenolic OH excluding ortho intramolecular Hbond substituents is 1. The average Bonchev–Trinajstić information content (AvgIpc) is 2.25. The van der Waals surface area contributed by atoms with Gasteiger partial charge in [0.05, 0.1) is 6.10 Å². The van der Waals surface area contributed by atoms with E-state index in [0.717, 1.165) is 5.56 Å². The average molecular weight is 248 g/mol. The van der Waals surface area contributed by atoms with Gasteiger partial charge >= 0.3 is 0 Å². The first-order chi connectivity index (χ1) is 7.79.